The summed E-state index contributed by atoms with van der Waals surface area (Å²) in [4.78, 5) is 37.2. The lowest BCUT2D eigenvalue weighted by Gasteiger charge is -2.35. The highest BCUT2D eigenvalue weighted by Gasteiger charge is 2.42. The number of hydrogen-bond donors (Lipinski definition) is 2. The minimum absolute atomic E-state index is 0.238. The molecule has 1 unspecified atom stereocenters. The number of nitrogens with one attached hydrogen (secondary N) is 2. The maximum absolute atomic E-state index is 13.0. The standard InChI is InChI=1S/C25H25ClN4O3/c1-3-21-20(15-27-30(21)19-7-5-6-17(26)14-19)23(32)28-18-10-8-16(9-11-18)25(4-2)13-12-22(31)29-24(25)33/h5-11,14-15H,3-4,12-13H2,1-2H3,(H,28,32)(H,29,31,33). The van der Waals surface area contributed by atoms with Crippen molar-refractivity contribution in [2.24, 2.45) is 0 Å². The van der Waals surface area contributed by atoms with Gasteiger partial charge >= 0.3 is 0 Å². The van der Waals surface area contributed by atoms with E-state index in [2.05, 4.69) is 15.7 Å². The molecule has 3 aromatic rings. The zero-order valence-corrected chi connectivity index (χ0v) is 19.3. The van der Waals surface area contributed by atoms with E-state index in [4.69, 9.17) is 11.6 Å². The van der Waals surface area contributed by atoms with Crippen molar-refractivity contribution in [2.45, 2.75) is 44.9 Å². The van der Waals surface area contributed by atoms with Gasteiger partial charge in [0.05, 0.1) is 28.6 Å². The first kappa shape index (κ1) is 22.7. The van der Waals surface area contributed by atoms with E-state index in [0.717, 1.165) is 16.9 Å². The van der Waals surface area contributed by atoms with Gasteiger partial charge in [0.15, 0.2) is 0 Å². The average molecular weight is 465 g/mol. The van der Waals surface area contributed by atoms with Crippen LogP contribution in [0.3, 0.4) is 0 Å². The van der Waals surface area contributed by atoms with Crippen molar-refractivity contribution in [3.8, 4) is 5.69 Å². The fourth-order valence-corrected chi connectivity index (χ4v) is 4.56. The molecule has 1 aromatic heterocycles. The van der Waals surface area contributed by atoms with Gasteiger partial charge in [0.2, 0.25) is 11.8 Å². The van der Waals surface area contributed by atoms with Gasteiger partial charge in [-0.15, -0.1) is 0 Å². The van der Waals surface area contributed by atoms with Gasteiger partial charge in [0, 0.05) is 17.1 Å². The highest BCUT2D eigenvalue weighted by Crippen LogP contribution is 2.36. The summed E-state index contributed by atoms with van der Waals surface area (Å²) in [5, 5.41) is 10.4. The lowest BCUT2D eigenvalue weighted by atomic mass is 9.72. The number of piperidine rings is 1. The fraction of sp³-hybridized carbons (Fsp3) is 0.280. The normalized spacial score (nSPS) is 18.2. The lowest BCUT2D eigenvalue weighted by molar-refractivity contribution is -0.138. The third-order valence-electron chi connectivity index (χ3n) is 6.27. The van der Waals surface area contributed by atoms with Gasteiger partial charge in [-0.2, -0.15) is 5.10 Å². The molecule has 4 rings (SSSR count). The van der Waals surface area contributed by atoms with Crippen LogP contribution in [-0.2, 0) is 21.4 Å². The summed E-state index contributed by atoms with van der Waals surface area (Å²) in [6.45, 7) is 3.91. The van der Waals surface area contributed by atoms with Crippen molar-refractivity contribution in [1.82, 2.24) is 15.1 Å². The van der Waals surface area contributed by atoms with Crippen LogP contribution >= 0.6 is 11.6 Å². The summed E-state index contributed by atoms with van der Waals surface area (Å²) in [6, 6.07) is 14.5. The van der Waals surface area contributed by atoms with Gasteiger partial charge in [-0.3, -0.25) is 19.7 Å². The third-order valence-corrected chi connectivity index (χ3v) is 6.50. The zero-order chi connectivity index (χ0) is 23.6. The Morgan fingerprint density at radius 2 is 1.94 bits per heavy atom. The number of anilines is 1. The summed E-state index contributed by atoms with van der Waals surface area (Å²) in [5.41, 5.74) is 2.76. The number of carbonyl (C=O) groups excluding carboxylic acids is 3. The fourth-order valence-electron chi connectivity index (χ4n) is 4.37. The highest BCUT2D eigenvalue weighted by molar-refractivity contribution is 6.30. The molecule has 0 radical (unpaired) electrons. The molecule has 2 N–H and O–H groups in total. The smallest absolute Gasteiger partial charge is 0.259 e. The first-order chi connectivity index (χ1) is 15.9. The van der Waals surface area contributed by atoms with Crippen molar-refractivity contribution < 1.29 is 14.4 Å². The van der Waals surface area contributed by atoms with Crippen molar-refractivity contribution in [1.29, 1.82) is 0 Å². The van der Waals surface area contributed by atoms with E-state index in [-0.39, 0.29) is 17.7 Å². The minimum Gasteiger partial charge on any atom is -0.322 e. The molecule has 8 heteroatoms. The molecule has 0 spiro atoms. The van der Waals surface area contributed by atoms with E-state index < -0.39 is 5.41 Å². The molecule has 33 heavy (non-hydrogen) atoms. The number of carbonyl (C=O) groups is 3. The van der Waals surface area contributed by atoms with Gasteiger partial charge in [-0.05, 0) is 55.2 Å². The van der Waals surface area contributed by atoms with Crippen LogP contribution in [0.2, 0.25) is 5.02 Å². The summed E-state index contributed by atoms with van der Waals surface area (Å²) >= 11 is 6.11. The molecular weight excluding hydrogens is 440 g/mol. The van der Waals surface area contributed by atoms with Crippen molar-refractivity contribution in [3.63, 3.8) is 0 Å². The van der Waals surface area contributed by atoms with Crippen LogP contribution < -0.4 is 10.6 Å². The zero-order valence-electron chi connectivity index (χ0n) is 18.5. The average Bonchev–Trinajstić information content (AvgIpc) is 3.25. The maximum Gasteiger partial charge on any atom is 0.259 e. The lowest BCUT2D eigenvalue weighted by Crippen LogP contribution is -2.51. The Balaban J connectivity index is 1.55. The van der Waals surface area contributed by atoms with E-state index in [0.29, 0.717) is 42.0 Å². The van der Waals surface area contributed by atoms with Crippen LogP contribution in [0.1, 0.15) is 54.7 Å². The second-order valence-corrected chi connectivity index (χ2v) is 8.53. The number of hydrogen-bond acceptors (Lipinski definition) is 4. The topological polar surface area (TPSA) is 93.1 Å². The quantitative estimate of drug-likeness (QED) is 0.528. The summed E-state index contributed by atoms with van der Waals surface area (Å²) in [6.07, 6.45) is 3.54. The van der Waals surface area contributed by atoms with Crippen LogP contribution in [0.15, 0.2) is 54.7 Å². The minimum atomic E-state index is -0.732. The highest BCUT2D eigenvalue weighted by atomic mass is 35.5. The van der Waals surface area contributed by atoms with Crippen LogP contribution in [0.4, 0.5) is 5.69 Å². The Kier molecular flexibility index (Phi) is 6.33. The molecule has 2 aromatic carbocycles. The van der Waals surface area contributed by atoms with Crippen molar-refractivity contribution in [2.75, 3.05) is 5.32 Å². The van der Waals surface area contributed by atoms with Gasteiger partial charge in [0.1, 0.15) is 0 Å². The Hall–Kier alpha value is -3.45. The van der Waals surface area contributed by atoms with E-state index >= 15 is 0 Å². The molecular formula is C25H25ClN4O3. The Morgan fingerprint density at radius 1 is 1.18 bits per heavy atom. The first-order valence-electron chi connectivity index (χ1n) is 11.0. The first-order valence-corrected chi connectivity index (χ1v) is 11.3. The number of benzene rings is 2. The Labute approximate surface area is 197 Å². The Bertz CT molecular complexity index is 1220. The van der Waals surface area contributed by atoms with Gasteiger partial charge in [-0.25, -0.2) is 4.68 Å². The number of imide groups is 1. The van der Waals surface area contributed by atoms with E-state index in [1.165, 1.54) is 0 Å². The Morgan fingerprint density at radius 3 is 2.58 bits per heavy atom. The van der Waals surface area contributed by atoms with Gasteiger partial charge < -0.3 is 5.32 Å². The molecule has 1 aliphatic heterocycles. The van der Waals surface area contributed by atoms with Crippen molar-refractivity contribution >= 4 is 35.0 Å². The van der Waals surface area contributed by atoms with Gasteiger partial charge in [-0.1, -0.05) is 43.6 Å². The number of amides is 3. The summed E-state index contributed by atoms with van der Waals surface area (Å²) in [7, 11) is 0. The van der Waals surface area contributed by atoms with E-state index in [1.807, 2.05) is 38.1 Å². The molecule has 2 heterocycles. The SMILES string of the molecule is CCc1c(C(=O)Nc2ccc(C3(CC)CCC(=O)NC3=O)cc2)cnn1-c1cccc(Cl)c1. The van der Waals surface area contributed by atoms with E-state index in [9.17, 15) is 14.4 Å². The third kappa shape index (κ3) is 4.28. The summed E-state index contributed by atoms with van der Waals surface area (Å²) < 4.78 is 1.72. The van der Waals surface area contributed by atoms with Crippen LogP contribution in [0.5, 0.6) is 0 Å². The van der Waals surface area contributed by atoms with Crippen molar-refractivity contribution in [3.05, 3.63) is 76.6 Å². The molecule has 1 saturated heterocycles. The molecule has 0 bridgehead atoms. The predicted molar refractivity (Wildman–Crippen MR) is 127 cm³/mol. The maximum atomic E-state index is 13.0. The predicted octanol–water partition coefficient (Wildman–Crippen LogP) is 4.42. The van der Waals surface area contributed by atoms with Crippen LogP contribution in [0, 0.1) is 0 Å². The number of halogens is 1. The van der Waals surface area contributed by atoms with Gasteiger partial charge in [0.25, 0.3) is 5.91 Å². The second kappa shape index (κ2) is 9.19. The molecule has 1 atom stereocenters. The molecule has 1 fully saturated rings. The molecule has 1 aliphatic rings. The second-order valence-electron chi connectivity index (χ2n) is 8.09. The molecule has 0 saturated carbocycles. The number of rotatable bonds is 6. The summed E-state index contributed by atoms with van der Waals surface area (Å²) in [5.74, 6) is -0.767. The molecule has 3 amide bonds. The largest absolute Gasteiger partial charge is 0.322 e. The van der Waals surface area contributed by atoms with Crippen LogP contribution in [-0.4, -0.2) is 27.5 Å². The van der Waals surface area contributed by atoms with Crippen LogP contribution in [0.25, 0.3) is 5.69 Å². The van der Waals surface area contributed by atoms with E-state index in [1.54, 1.807) is 35.1 Å². The molecule has 170 valence electrons. The number of nitrogens with zero attached hydrogens (tertiary/aromatic N) is 2. The molecule has 7 nitrogen and oxygen atoms in total. The number of aromatic nitrogens is 2. The molecule has 0 aliphatic carbocycles. The monoisotopic (exact) mass is 464 g/mol.